The fourth-order valence-electron chi connectivity index (χ4n) is 4.01. The van der Waals surface area contributed by atoms with Crippen molar-refractivity contribution in [3.8, 4) is 11.4 Å². The number of hydrogen-bond acceptors (Lipinski definition) is 3. The van der Waals surface area contributed by atoms with Gasteiger partial charge >= 0.3 is 6.03 Å². The Bertz CT molecular complexity index is 1010. The average molecular weight is 390 g/mol. The molecule has 2 aromatic carbocycles. The van der Waals surface area contributed by atoms with Crippen LogP contribution in [-0.4, -0.2) is 34.4 Å². The van der Waals surface area contributed by atoms with Gasteiger partial charge in [-0.05, 0) is 62.6 Å². The molecule has 1 aliphatic rings. The summed E-state index contributed by atoms with van der Waals surface area (Å²) in [6.45, 7) is 4.72. The lowest BCUT2D eigenvalue weighted by Gasteiger charge is -2.26. The van der Waals surface area contributed by atoms with E-state index >= 15 is 0 Å². The number of rotatable bonds is 4. The van der Waals surface area contributed by atoms with Crippen LogP contribution < -0.4 is 10.1 Å². The highest BCUT2D eigenvalue weighted by Gasteiger charge is 2.30. The van der Waals surface area contributed by atoms with E-state index in [0.717, 1.165) is 53.5 Å². The van der Waals surface area contributed by atoms with Crippen LogP contribution in [0.25, 0.3) is 5.69 Å². The minimum absolute atomic E-state index is 0.0711. The van der Waals surface area contributed by atoms with Gasteiger partial charge in [0.05, 0.1) is 30.2 Å². The van der Waals surface area contributed by atoms with Crippen LogP contribution in [0.1, 0.15) is 35.8 Å². The molecule has 2 heterocycles. The zero-order valence-corrected chi connectivity index (χ0v) is 17.1. The van der Waals surface area contributed by atoms with E-state index in [1.807, 2.05) is 78.0 Å². The molecule has 1 aliphatic heterocycles. The maximum absolute atomic E-state index is 13.2. The summed E-state index contributed by atoms with van der Waals surface area (Å²) in [4.78, 5) is 15.1. The molecular formula is C23H26N4O2. The SMILES string of the molecule is COc1ccc([C@@H]2CCCN2C(=O)Nc2ccccc2-n2nc(C)cc2C)cc1. The van der Waals surface area contributed by atoms with Crippen LogP contribution >= 0.6 is 0 Å². The first-order valence-corrected chi connectivity index (χ1v) is 9.91. The molecule has 150 valence electrons. The predicted molar refractivity (Wildman–Crippen MR) is 114 cm³/mol. The number of hydrogen-bond donors (Lipinski definition) is 1. The fraction of sp³-hybridized carbons (Fsp3) is 0.304. The summed E-state index contributed by atoms with van der Waals surface area (Å²) in [5.41, 5.74) is 4.73. The van der Waals surface area contributed by atoms with E-state index in [2.05, 4.69) is 10.4 Å². The number of ether oxygens (including phenoxy) is 1. The van der Waals surface area contributed by atoms with Crippen molar-refractivity contribution in [1.29, 1.82) is 0 Å². The molecule has 4 rings (SSSR count). The van der Waals surface area contributed by atoms with Crippen LogP contribution in [0.2, 0.25) is 0 Å². The number of nitrogens with zero attached hydrogens (tertiary/aromatic N) is 3. The van der Waals surface area contributed by atoms with Crippen LogP contribution in [0.5, 0.6) is 5.75 Å². The van der Waals surface area contributed by atoms with Crippen LogP contribution in [-0.2, 0) is 0 Å². The average Bonchev–Trinajstić information content (AvgIpc) is 3.35. The van der Waals surface area contributed by atoms with Crippen molar-refractivity contribution in [1.82, 2.24) is 14.7 Å². The summed E-state index contributed by atoms with van der Waals surface area (Å²) in [5.74, 6) is 0.821. The van der Waals surface area contributed by atoms with Crippen LogP contribution in [0.3, 0.4) is 0 Å². The van der Waals surface area contributed by atoms with Crippen molar-refractivity contribution in [2.45, 2.75) is 32.7 Å². The van der Waals surface area contributed by atoms with Gasteiger partial charge in [0.25, 0.3) is 0 Å². The Labute approximate surface area is 171 Å². The van der Waals surface area contributed by atoms with E-state index in [-0.39, 0.29) is 12.1 Å². The van der Waals surface area contributed by atoms with Crippen molar-refractivity contribution in [2.24, 2.45) is 0 Å². The van der Waals surface area contributed by atoms with Crippen LogP contribution in [0, 0.1) is 13.8 Å². The number of carbonyl (C=O) groups is 1. The molecule has 1 aromatic heterocycles. The van der Waals surface area contributed by atoms with E-state index in [0.29, 0.717) is 0 Å². The molecule has 6 nitrogen and oxygen atoms in total. The largest absolute Gasteiger partial charge is 0.497 e. The summed E-state index contributed by atoms with van der Waals surface area (Å²) in [6.07, 6.45) is 1.95. The summed E-state index contributed by atoms with van der Waals surface area (Å²) >= 11 is 0. The van der Waals surface area contributed by atoms with E-state index < -0.39 is 0 Å². The normalized spacial score (nSPS) is 16.1. The molecule has 0 aliphatic carbocycles. The quantitative estimate of drug-likeness (QED) is 0.692. The molecular weight excluding hydrogens is 364 g/mol. The van der Waals surface area contributed by atoms with Crippen molar-refractivity contribution < 1.29 is 9.53 Å². The molecule has 6 heteroatoms. The summed E-state index contributed by atoms with van der Waals surface area (Å²) in [7, 11) is 1.66. The van der Waals surface area contributed by atoms with Gasteiger partial charge in [-0.2, -0.15) is 5.10 Å². The monoisotopic (exact) mass is 390 g/mol. The maximum Gasteiger partial charge on any atom is 0.322 e. The van der Waals surface area contributed by atoms with Crippen LogP contribution in [0.15, 0.2) is 54.6 Å². The maximum atomic E-state index is 13.2. The number of urea groups is 1. The molecule has 1 saturated heterocycles. The molecule has 3 aromatic rings. The highest BCUT2D eigenvalue weighted by molar-refractivity contribution is 5.92. The van der Waals surface area contributed by atoms with Gasteiger partial charge in [-0.15, -0.1) is 0 Å². The standard InChI is InChI=1S/C23H26N4O2/c1-16-15-17(2)27(25-16)22-8-5-4-7-20(22)24-23(28)26-14-6-9-21(26)18-10-12-19(29-3)13-11-18/h4-5,7-8,10-13,15,21H,6,9,14H2,1-3H3,(H,24,28)/t21-/m0/s1. The lowest BCUT2D eigenvalue weighted by Crippen LogP contribution is -2.34. The number of para-hydroxylation sites is 2. The van der Waals surface area contributed by atoms with E-state index in [1.165, 1.54) is 0 Å². The summed E-state index contributed by atoms with van der Waals surface area (Å²) < 4.78 is 7.12. The number of likely N-dealkylation sites (tertiary alicyclic amines) is 1. The molecule has 0 saturated carbocycles. The number of methoxy groups -OCH3 is 1. The molecule has 0 unspecified atom stereocenters. The minimum Gasteiger partial charge on any atom is -0.497 e. The number of aryl methyl sites for hydroxylation is 2. The highest BCUT2D eigenvalue weighted by atomic mass is 16.5. The number of aromatic nitrogens is 2. The highest BCUT2D eigenvalue weighted by Crippen LogP contribution is 2.33. The predicted octanol–water partition coefficient (Wildman–Crippen LogP) is 4.87. The Hall–Kier alpha value is -3.28. The first-order valence-electron chi connectivity index (χ1n) is 9.91. The Kier molecular flexibility index (Phi) is 5.25. The minimum atomic E-state index is -0.0858. The summed E-state index contributed by atoms with van der Waals surface area (Å²) in [6, 6.07) is 17.8. The number of amides is 2. The third kappa shape index (κ3) is 3.83. The second kappa shape index (κ2) is 7.99. The molecule has 0 radical (unpaired) electrons. The van der Waals surface area contributed by atoms with Gasteiger partial charge in [-0.3, -0.25) is 0 Å². The second-order valence-corrected chi connectivity index (χ2v) is 7.41. The molecule has 0 bridgehead atoms. The van der Waals surface area contributed by atoms with Gasteiger partial charge in [0.15, 0.2) is 0 Å². The Morgan fingerprint density at radius 2 is 1.90 bits per heavy atom. The second-order valence-electron chi connectivity index (χ2n) is 7.41. The van der Waals surface area contributed by atoms with Crippen molar-refractivity contribution in [3.63, 3.8) is 0 Å². The molecule has 2 amide bonds. The lowest BCUT2D eigenvalue weighted by molar-refractivity contribution is 0.207. The molecule has 1 N–H and O–H groups in total. The van der Waals surface area contributed by atoms with Crippen molar-refractivity contribution >= 4 is 11.7 Å². The van der Waals surface area contributed by atoms with E-state index in [1.54, 1.807) is 7.11 Å². The Morgan fingerprint density at radius 1 is 1.14 bits per heavy atom. The zero-order valence-electron chi connectivity index (χ0n) is 17.1. The topological polar surface area (TPSA) is 59.4 Å². The van der Waals surface area contributed by atoms with Gasteiger partial charge in [-0.25, -0.2) is 9.48 Å². The Morgan fingerprint density at radius 3 is 2.59 bits per heavy atom. The van der Waals surface area contributed by atoms with E-state index in [4.69, 9.17) is 4.74 Å². The zero-order chi connectivity index (χ0) is 20.4. The molecule has 0 spiro atoms. The molecule has 1 atom stereocenters. The third-order valence-corrected chi connectivity index (χ3v) is 5.40. The van der Waals surface area contributed by atoms with Crippen LogP contribution in [0.4, 0.5) is 10.5 Å². The third-order valence-electron chi connectivity index (χ3n) is 5.40. The number of carbonyl (C=O) groups excluding carboxylic acids is 1. The fourth-order valence-corrected chi connectivity index (χ4v) is 4.01. The van der Waals surface area contributed by atoms with Crippen molar-refractivity contribution in [2.75, 3.05) is 19.0 Å². The molecule has 29 heavy (non-hydrogen) atoms. The smallest absolute Gasteiger partial charge is 0.322 e. The number of benzene rings is 2. The van der Waals surface area contributed by atoms with Gasteiger partial charge in [-0.1, -0.05) is 24.3 Å². The Balaban J connectivity index is 1.57. The summed E-state index contributed by atoms with van der Waals surface area (Å²) in [5, 5.41) is 7.68. The van der Waals surface area contributed by atoms with Gasteiger partial charge in [0.2, 0.25) is 0 Å². The number of nitrogens with one attached hydrogen (secondary N) is 1. The van der Waals surface area contributed by atoms with E-state index in [9.17, 15) is 4.79 Å². The first-order chi connectivity index (χ1) is 14.1. The number of anilines is 1. The lowest BCUT2D eigenvalue weighted by atomic mass is 10.0. The van der Waals surface area contributed by atoms with Gasteiger partial charge < -0.3 is 15.0 Å². The van der Waals surface area contributed by atoms with Gasteiger partial charge in [0, 0.05) is 12.2 Å². The van der Waals surface area contributed by atoms with Gasteiger partial charge in [0.1, 0.15) is 5.75 Å². The van der Waals surface area contributed by atoms with Crippen molar-refractivity contribution in [3.05, 3.63) is 71.5 Å². The first kappa shape index (κ1) is 19.1. The molecule has 1 fully saturated rings.